The highest BCUT2D eigenvalue weighted by molar-refractivity contribution is 6.03. The highest BCUT2D eigenvalue weighted by Gasteiger charge is 2.30. The fourth-order valence-corrected chi connectivity index (χ4v) is 5.11. The Morgan fingerprint density at radius 2 is 1.43 bits per heavy atom. The Bertz CT molecular complexity index is 1560. The van der Waals surface area contributed by atoms with Gasteiger partial charge in [0.1, 0.15) is 24.0 Å². The number of halogens is 5. The standard InChI is InChI=1S/C35H38F5N5O/c1-5-43(6-2)17-18-44(22-26-7-10-28(11-8-26)29-12-14-30(15-13-29)35(38,39)40)34(46)23-45-33(41-24(3)25(4)42-45)16-9-27-19-31(36)21-32(37)20-27/h7-8,10-15,19-21H,3,5-6,9,16-18,22-23H2,1-2,4H3. The van der Waals surface area contributed by atoms with Gasteiger partial charge in [-0.3, -0.25) is 4.79 Å². The minimum atomic E-state index is -4.40. The largest absolute Gasteiger partial charge is 0.416 e. The van der Waals surface area contributed by atoms with Crippen molar-refractivity contribution in [1.82, 2.24) is 14.8 Å². The number of aliphatic imine (C=N–C) groups is 1. The van der Waals surface area contributed by atoms with Gasteiger partial charge in [0.25, 0.3) is 0 Å². The molecule has 46 heavy (non-hydrogen) atoms. The molecule has 0 bridgehead atoms. The van der Waals surface area contributed by atoms with Crippen molar-refractivity contribution in [2.24, 2.45) is 10.1 Å². The molecule has 0 saturated carbocycles. The molecule has 11 heteroatoms. The molecule has 0 aromatic heterocycles. The zero-order valence-corrected chi connectivity index (χ0v) is 26.2. The van der Waals surface area contributed by atoms with Crippen molar-refractivity contribution in [1.29, 1.82) is 0 Å². The van der Waals surface area contributed by atoms with Crippen molar-refractivity contribution < 1.29 is 26.7 Å². The van der Waals surface area contributed by atoms with Crippen molar-refractivity contribution in [3.05, 3.63) is 107 Å². The number of allylic oxidation sites excluding steroid dienone is 1. The number of aryl methyl sites for hydroxylation is 1. The van der Waals surface area contributed by atoms with E-state index in [2.05, 4.69) is 35.4 Å². The second kappa shape index (κ2) is 15.3. The zero-order valence-electron chi connectivity index (χ0n) is 26.2. The maximum absolute atomic E-state index is 13.8. The van der Waals surface area contributed by atoms with Gasteiger partial charge >= 0.3 is 6.18 Å². The van der Waals surface area contributed by atoms with Crippen molar-refractivity contribution in [2.75, 3.05) is 32.7 Å². The van der Waals surface area contributed by atoms with Gasteiger partial charge in [0.05, 0.1) is 17.0 Å². The molecule has 244 valence electrons. The Morgan fingerprint density at radius 3 is 2.00 bits per heavy atom. The molecule has 3 aromatic rings. The summed E-state index contributed by atoms with van der Waals surface area (Å²) in [6.07, 6.45) is -3.82. The van der Waals surface area contributed by atoms with Crippen LogP contribution in [0.15, 0.2) is 89.1 Å². The number of benzene rings is 3. The second-order valence-corrected chi connectivity index (χ2v) is 11.1. The van der Waals surface area contributed by atoms with Crippen LogP contribution in [0.5, 0.6) is 0 Å². The molecule has 0 fully saturated rings. The normalized spacial score (nSPS) is 13.6. The average molecular weight is 640 g/mol. The van der Waals surface area contributed by atoms with E-state index in [9.17, 15) is 26.7 Å². The summed E-state index contributed by atoms with van der Waals surface area (Å²) >= 11 is 0. The van der Waals surface area contributed by atoms with Gasteiger partial charge in [-0.25, -0.2) is 18.8 Å². The number of likely N-dealkylation sites (N-methyl/N-ethyl adjacent to an activating group) is 1. The number of hydrogen-bond donors (Lipinski definition) is 0. The lowest BCUT2D eigenvalue weighted by molar-refractivity contribution is -0.137. The van der Waals surface area contributed by atoms with Crippen LogP contribution in [0.25, 0.3) is 11.1 Å². The predicted molar refractivity (Wildman–Crippen MR) is 171 cm³/mol. The molecule has 0 aliphatic carbocycles. The first kappa shape index (κ1) is 34.5. The Kier molecular flexibility index (Phi) is 11.4. The molecule has 6 nitrogen and oxygen atoms in total. The molecule has 3 aromatic carbocycles. The predicted octanol–water partition coefficient (Wildman–Crippen LogP) is 7.56. The first-order valence-corrected chi connectivity index (χ1v) is 15.2. The number of amides is 1. The topological polar surface area (TPSA) is 51.5 Å². The van der Waals surface area contributed by atoms with Gasteiger partial charge in [0.15, 0.2) is 0 Å². The maximum atomic E-state index is 13.8. The van der Waals surface area contributed by atoms with E-state index in [4.69, 9.17) is 0 Å². The van der Waals surface area contributed by atoms with Crippen molar-refractivity contribution in [3.8, 4) is 11.1 Å². The fourth-order valence-electron chi connectivity index (χ4n) is 5.11. The van der Waals surface area contributed by atoms with E-state index in [1.165, 1.54) is 29.3 Å². The van der Waals surface area contributed by atoms with E-state index < -0.39 is 23.4 Å². The molecule has 0 radical (unpaired) electrons. The van der Waals surface area contributed by atoms with E-state index in [-0.39, 0.29) is 25.3 Å². The van der Waals surface area contributed by atoms with Gasteiger partial charge in [-0.05, 0) is 73.0 Å². The molecule has 0 unspecified atom stereocenters. The highest BCUT2D eigenvalue weighted by Crippen LogP contribution is 2.31. The van der Waals surface area contributed by atoms with Crippen molar-refractivity contribution in [3.63, 3.8) is 0 Å². The van der Waals surface area contributed by atoms with E-state index in [1.54, 1.807) is 11.8 Å². The average Bonchev–Trinajstić information content (AvgIpc) is 3.01. The first-order valence-electron chi connectivity index (χ1n) is 15.2. The molecule has 1 aliphatic rings. The lowest BCUT2D eigenvalue weighted by Gasteiger charge is -2.30. The summed E-state index contributed by atoms with van der Waals surface area (Å²) in [5, 5.41) is 6.09. The third-order valence-corrected chi connectivity index (χ3v) is 7.90. The van der Waals surface area contributed by atoms with Crippen LogP contribution in [-0.4, -0.2) is 65.0 Å². The summed E-state index contributed by atoms with van der Waals surface area (Å²) in [4.78, 5) is 22.3. The molecule has 0 N–H and O–H groups in total. The van der Waals surface area contributed by atoms with Crippen LogP contribution in [0.4, 0.5) is 22.0 Å². The van der Waals surface area contributed by atoms with Gasteiger partial charge in [-0.15, -0.1) is 0 Å². The monoisotopic (exact) mass is 639 g/mol. The molecule has 0 spiro atoms. The van der Waals surface area contributed by atoms with Gasteiger partial charge < -0.3 is 9.80 Å². The van der Waals surface area contributed by atoms with E-state index in [0.717, 1.165) is 42.4 Å². The summed E-state index contributed by atoms with van der Waals surface area (Å²) in [5.41, 5.74) is 3.04. The Labute approximate surface area is 266 Å². The number of hydrazone groups is 1. The van der Waals surface area contributed by atoms with Gasteiger partial charge in [0.2, 0.25) is 5.91 Å². The number of amidine groups is 1. The van der Waals surface area contributed by atoms with Gasteiger partial charge in [-0.1, -0.05) is 56.8 Å². The van der Waals surface area contributed by atoms with E-state index in [0.29, 0.717) is 48.0 Å². The number of rotatable bonds is 13. The summed E-state index contributed by atoms with van der Waals surface area (Å²) in [6.45, 7) is 12.8. The number of alkyl halides is 3. The number of carbonyl (C=O) groups is 1. The van der Waals surface area contributed by atoms with Crippen LogP contribution >= 0.6 is 0 Å². The third kappa shape index (κ3) is 9.32. The van der Waals surface area contributed by atoms with Gasteiger partial charge in [-0.2, -0.15) is 18.3 Å². The molecule has 1 aliphatic heterocycles. The van der Waals surface area contributed by atoms with E-state index in [1.807, 2.05) is 24.3 Å². The molecule has 1 heterocycles. The second-order valence-electron chi connectivity index (χ2n) is 11.1. The third-order valence-electron chi connectivity index (χ3n) is 7.90. The Balaban J connectivity index is 1.50. The summed E-state index contributed by atoms with van der Waals surface area (Å²) in [7, 11) is 0. The van der Waals surface area contributed by atoms with Crippen molar-refractivity contribution in [2.45, 2.75) is 46.3 Å². The Morgan fingerprint density at radius 1 is 0.848 bits per heavy atom. The van der Waals surface area contributed by atoms with Gasteiger partial charge in [0, 0.05) is 32.1 Å². The van der Waals surface area contributed by atoms with Crippen molar-refractivity contribution >= 4 is 17.5 Å². The summed E-state index contributed by atoms with van der Waals surface area (Å²) in [6, 6.07) is 15.7. The molecule has 0 atom stereocenters. The van der Waals surface area contributed by atoms with Crippen LogP contribution in [0, 0.1) is 11.6 Å². The quantitative estimate of drug-likeness (QED) is 0.182. The molecule has 1 amide bonds. The molecular weight excluding hydrogens is 601 g/mol. The van der Waals surface area contributed by atoms with Crippen LogP contribution < -0.4 is 0 Å². The van der Waals surface area contributed by atoms with Crippen LogP contribution in [0.2, 0.25) is 0 Å². The van der Waals surface area contributed by atoms with Crippen LogP contribution in [-0.2, 0) is 23.9 Å². The zero-order chi connectivity index (χ0) is 33.4. The number of carbonyl (C=O) groups excluding carboxylic acids is 1. The summed E-state index contributed by atoms with van der Waals surface area (Å²) in [5.74, 6) is -1.05. The maximum Gasteiger partial charge on any atom is 0.416 e. The fraction of sp³-hybridized carbons (Fsp3) is 0.343. The number of hydrogen-bond acceptors (Lipinski definition) is 5. The molecular formula is C35H38F5N5O. The first-order chi connectivity index (χ1) is 21.9. The minimum Gasteiger partial charge on any atom is -0.335 e. The molecule has 4 rings (SSSR count). The Hall–Kier alpha value is -4.38. The molecule has 0 saturated heterocycles. The van der Waals surface area contributed by atoms with Crippen LogP contribution in [0.3, 0.4) is 0 Å². The number of nitrogens with zero attached hydrogens (tertiary/aromatic N) is 5. The van der Waals surface area contributed by atoms with Crippen LogP contribution in [0.1, 0.15) is 43.9 Å². The lowest BCUT2D eigenvalue weighted by atomic mass is 10.0. The highest BCUT2D eigenvalue weighted by atomic mass is 19.4. The minimum absolute atomic E-state index is 0.0944. The lowest BCUT2D eigenvalue weighted by Crippen LogP contribution is -2.44. The smallest absolute Gasteiger partial charge is 0.335 e. The SMILES string of the molecule is C=C1N=C(CCc2cc(F)cc(F)c2)N(CC(=O)N(CCN(CC)CC)Cc2ccc(-c3ccc(C(F)(F)F)cc3)cc2)N=C1C. The summed E-state index contributed by atoms with van der Waals surface area (Å²) < 4.78 is 66.5. The van der Waals surface area contributed by atoms with E-state index >= 15 is 0 Å².